The van der Waals surface area contributed by atoms with Crippen molar-refractivity contribution in [2.75, 3.05) is 19.6 Å². The first-order valence-corrected chi connectivity index (χ1v) is 8.00. The van der Waals surface area contributed by atoms with E-state index >= 15 is 0 Å². The van der Waals surface area contributed by atoms with Crippen LogP contribution in [0.5, 0.6) is 0 Å². The van der Waals surface area contributed by atoms with Crippen LogP contribution in [-0.4, -0.2) is 42.3 Å². The van der Waals surface area contributed by atoms with E-state index in [0.717, 1.165) is 19.4 Å². The van der Waals surface area contributed by atoms with Gasteiger partial charge in [-0.2, -0.15) is 0 Å². The molecule has 4 nitrogen and oxygen atoms in total. The second-order valence-corrected chi connectivity index (χ2v) is 6.53. The summed E-state index contributed by atoms with van der Waals surface area (Å²) in [7, 11) is 0. The molecule has 0 rings (SSSR count). The summed E-state index contributed by atoms with van der Waals surface area (Å²) < 4.78 is 5.25. The Labute approximate surface area is 125 Å². The van der Waals surface area contributed by atoms with Crippen molar-refractivity contribution in [2.45, 2.75) is 78.9 Å². The Morgan fingerprint density at radius 1 is 1.15 bits per heavy atom. The normalized spacial score (nSPS) is 13.3. The Hall–Kier alpha value is -0.770. The van der Waals surface area contributed by atoms with Gasteiger partial charge in [-0.1, -0.05) is 13.8 Å². The predicted octanol–water partition coefficient (Wildman–Crippen LogP) is 3.80. The van der Waals surface area contributed by atoms with E-state index in [2.05, 4.69) is 24.1 Å². The molecule has 1 unspecified atom stereocenters. The highest BCUT2D eigenvalue weighted by atomic mass is 16.6. The van der Waals surface area contributed by atoms with Gasteiger partial charge in [0.25, 0.3) is 0 Å². The maximum atomic E-state index is 11.6. The van der Waals surface area contributed by atoms with Crippen LogP contribution in [0.2, 0.25) is 0 Å². The fourth-order valence-corrected chi connectivity index (χ4v) is 2.17. The van der Waals surface area contributed by atoms with Gasteiger partial charge in [0, 0.05) is 6.04 Å². The number of nitrogens with zero attached hydrogens (tertiary/aromatic N) is 1. The van der Waals surface area contributed by atoms with Crippen molar-refractivity contribution in [1.29, 1.82) is 0 Å². The van der Waals surface area contributed by atoms with Crippen LogP contribution in [0.25, 0.3) is 0 Å². The Morgan fingerprint density at radius 2 is 1.70 bits per heavy atom. The second-order valence-electron chi connectivity index (χ2n) is 6.53. The Bertz CT molecular complexity index is 256. The van der Waals surface area contributed by atoms with E-state index in [9.17, 15) is 4.79 Å². The molecule has 20 heavy (non-hydrogen) atoms. The molecule has 0 aromatic heterocycles. The zero-order valence-electron chi connectivity index (χ0n) is 14.3. The number of hydrogen-bond acceptors (Lipinski definition) is 3. The average Bonchev–Trinajstić information content (AvgIpc) is 2.26. The molecule has 0 aromatic carbocycles. The Morgan fingerprint density at radius 3 is 2.15 bits per heavy atom. The van der Waals surface area contributed by atoms with E-state index in [1.165, 1.54) is 25.9 Å². The minimum atomic E-state index is -0.428. The van der Waals surface area contributed by atoms with Crippen LogP contribution in [0.3, 0.4) is 0 Å². The van der Waals surface area contributed by atoms with E-state index in [1.54, 1.807) is 0 Å². The van der Waals surface area contributed by atoms with Gasteiger partial charge in [0.2, 0.25) is 0 Å². The van der Waals surface area contributed by atoms with Crippen LogP contribution in [0.15, 0.2) is 0 Å². The molecule has 0 aliphatic heterocycles. The lowest BCUT2D eigenvalue weighted by Crippen LogP contribution is -2.38. The molecule has 0 aliphatic carbocycles. The lowest BCUT2D eigenvalue weighted by Gasteiger charge is -2.23. The average molecular weight is 286 g/mol. The summed E-state index contributed by atoms with van der Waals surface area (Å²) in [5.74, 6) is 0. The topological polar surface area (TPSA) is 41.6 Å². The summed E-state index contributed by atoms with van der Waals surface area (Å²) in [5.41, 5.74) is -0.428. The van der Waals surface area contributed by atoms with Gasteiger partial charge in [-0.15, -0.1) is 0 Å². The molecular formula is C16H34N2O2. The summed E-state index contributed by atoms with van der Waals surface area (Å²) in [6, 6.07) is 0.162. The minimum absolute atomic E-state index is 0.162. The Kier molecular flexibility index (Phi) is 9.64. The van der Waals surface area contributed by atoms with Gasteiger partial charge in [0.1, 0.15) is 5.60 Å². The second kappa shape index (κ2) is 10.0. The van der Waals surface area contributed by atoms with Crippen molar-refractivity contribution in [3.63, 3.8) is 0 Å². The van der Waals surface area contributed by atoms with Crippen molar-refractivity contribution < 1.29 is 9.53 Å². The highest BCUT2D eigenvalue weighted by molar-refractivity contribution is 5.67. The zero-order chi connectivity index (χ0) is 15.6. The van der Waals surface area contributed by atoms with Gasteiger partial charge in [-0.05, 0) is 73.0 Å². The summed E-state index contributed by atoms with van der Waals surface area (Å²) in [6.07, 6.45) is 4.18. The van der Waals surface area contributed by atoms with Crippen molar-refractivity contribution in [1.82, 2.24) is 10.2 Å². The number of amides is 1. The van der Waals surface area contributed by atoms with Gasteiger partial charge in [0.05, 0.1) is 0 Å². The molecule has 0 saturated carbocycles. The molecule has 120 valence electrons. The first-order valence-electron chi connectivity index (χ1n) is 8.00. The monoisotopic (exact) mass is 286 g/mol. The fourth-order valence-electron chi connectivity index (χ4n) is 2.17. The number of ether oxygens (including phenoxy) is 1. The number of hydrogen-bond donors (Lipinski definition) is 1. The third-order valence-electron chi connectivity index (χ3n) is 2.95. The number of alkyl carbamates (subject to hydrolysis) is 1. The fraction of sp³-hybridized carbons (Fsp3) is 0.938. The molecule has 0 saturated heterocycles. The molecule has 0 bridgehead atoms. The largest absolute Gasteiger partial charge is 0.444 e. The lowest BCUT2D eigenvalue weighted by molar-refractivity contribution is 0.0505. The molecule has 1 amide bonds. The third kappa shape index (κ3) is 11.1. The summed E-state index contributed by atoms with van der Waals surface area (Å²) in [4.78, 5) is 14.1. The minimum Gasteiger partial charge on any atom is -0.444 e. The number of carbonyl (C=O) groups is 1. The smallest absolute Gasteiger partial charge is 0.407 e. The molecule has 0 aliphatic rings. The van der Waals surface area contributed by atoms with Gasteiger partial charge >= 0.3 is 6.09 Å². The zero-order valence-corrected chi connectivity index (χ0v) is 14.3. The van der Waals surface area contributed by atoms with Crippen molar-refractivity contribution in [3.8, 4) is 0 Å². The standard InChI is InChI=1S/C16H34N2O2/c1-7-11-18(12-8-2)13-9-10-14(3)17-15(19)20-16(4,5)6/h14H,7-13H2,1-6H3,(H,17,19). The van der Waals surface area contributed by atoms with E-state index in [-0.39, 0.29) is 12.1 Å². The first kappa shape index (κ1) is 19.2. The van der Waals surface area contributed by atoms with Gasteiger partial charge < -0.3 is 15.0 Å². The van der Waals surface area contributed by atoms with E-state index < -0.39 is 5.60 Å². The summed E-state index contributed by atoms with van der Waals surface area (Å²) in [6.45, 7) is 15.6. The number of nitrogens with one attached hydrogen (secondary N) is 1. The van der Waals surface area contributed by atoms with Crippen molar-refractivity contribution in [2.24, 2.45) is 0 Å². The molecule has 0 aromatic rings. The van der Waals surface area contributed by atoms with Crippen LogP contribution >= 0.6 is 0 Å². The first-order chi connectivity index (χ1) is 9.28. The molecule has 0 fully saturated rings. The molecule has 0 radical (unpaired) electrons. The molecule has 0 spiro atoms. The van der Waals surface area contributed by atoms with Crippen LogP contribution in [0, 0.1) is 0 Å². The van der Waals surface area contributed by atoms with Crippen LogP contribution < -0.4 is 5.32 Å². The quantitative estimate of drug-likeness (QED) is 0.701. The highest BCUT2D eigenvalue weighted by Crippen LogP contribution is 2.08. The van der Waals surface area contributed by atoms with Gasteiger partial charge in [-0.25, -0.2) is 4.79 Å². The number of rotatable bonds is 9. The predicted molar refractivity (Wildman–Crippen MR) is 85.1 cm³/mol. The SMILES string of the molecule is CCCN(CCC)CCCC(C)NC(=O)OC(C)(C)C. The highest BCUT2D eigenvalue weighted by Gasteiger charge is 2.17. The third-order valence-corrected chi connectivity index (χ3v) is 2.95. The van der Waals surface area contributed by atoms with Crippen LogP contribution in [0.4, 0.5) is 4.79 Å². The van der Waals surface area contributed by atoms with E-state index in [0.29, 0.717) is 0 Å². The molecule has 0 heterocycles. The maximum Gasteiger partial charge on any atom is 0.407 e. The maximum absolute atomic E-state index is 11.6. The molecule has 4 heteroatoms. The van der Waals surface area contributed by atoms with Crippen LogP contribution in [0.1, 0.15) is 67.2 Å². The summed E-state index contributed by atoms with van der Waals surface area (Å²) in [5, 5.41) is 2.89. The van der Waals surface area contributed by atoms with Crippen molar-refractivity contribution in [3.05, 3.63) is 0 Å². The van der Waals surface area contributed by atoms with E-state index in [1.807, 2.05) is 27.7 Å². The van der Waals surface area contributed by atoms with Crippen molar-refractivity contribution >= 4 is 6.09 Å². The number of carbonyl (C=O) groups excluding carboxylic acids is 1. The van der Waals surface area contributed by atoms with E-state index in [4.69, 9.17) is 4.74 Å². The molecule has 1 atom stereocenters. The lowest BCUT2D eigenvalue weighted by atomic mass is 10.1. The van der Waals surface area contributed by atoms with Crippen LogP contribution in [-0.2, 0) is 4.74 Å². The van der Waals surface area contributed by atoms with Gasteiger partial charge in [0.15, 0.2) is 0 Å². The summed E-state index contributed by atoms with van der Waals surface area (Å²) >= 11 is 0. The molecule has 1 N–H and O–H groups in total. The van der Waals surface area contributed by atoms with Gasteiger partial charge in [-0.3, -0.25) is 0 Å². The Balaban J connectivity index is 3.86. The molecular weight excluding hydrogens is 252 g/mol.